The smallest absolute Gasteiger partial charge is 0.338 e. The Morgan fingerprint density at radius 1 is 0.486 bits per heavy atom. The van der Waals surface area contributed by atoms with Gasteiger partial charge in [0.1, 0.15) is 11.6 Å². The molecule has 8 rings (SSSR count). The van der Waals surface area contributed by atoms with Gasteiger partial charge in [0.05, 0.1) is 82.2 Å². The summed E-state index contributed by atoms with van der Waals surface area (Å²) in [6.45, 7) is 0.938. The molecule has 0 unspecified atom stereocenters. The van der Waals surface area contributed by atoms with Crippen LogP contribution in [-0.4, -0.2) is 103 Å². The van der Waals surface area contributed by atoms with Crippen molar-refractivity contribution in [1.82, 2.24) is 30.4 Å². The number of hydrogen-bond donors (Lipinski definition) is 8. The third-order valence-electron chi connectivity index (χ3n) is 11.2. The molecular formula is C48H38F2N10O10. The van der Waals surface area contributed by atoms with E-state index in [1.807, 2.05) is 0 Å². The van der Waals surface area contributed by atoms with Gasteiger partial charge < -0.3 is 42.6 Å². The van der Waals surface area contributed by atoms with Crippen molar-refractivity contribution in [2.45, 2.75) is 12.8 Å². The molecule has 4 aromatic carbocycles. The first-order valence-electron chi connectivity index (χ1n) is 21.0. The molecule has 0 bridgehead atoms. The number of H-pyrrole nitrogens is 2. The molecular weight excluding hydrogens is 915 g/mol. The molecule has 4 amide bonds. The van der Waals surface area contributed by atoms with Crippen LogP contribution in [0.25, 0.3) is 67.1 Å². The zero-order valence-corrected chi connectivity index (χ0v) is 36.3. The number of fused-ring (bicyclic) bond motifs is 2. The van der Waals surface area contributed by atoms with E-state index >= 15 is 0 Å². The predicted octanol–water partition coefficient (Wildman–Crippen LogP) is 4.79. The first-order chi connectivity index (χ1) is 33.5. The molecule has 0 atom stereocenters. The van der Waals surface area contributed by atoms with Gasteiger partial charge in [0.15, 0.2) is 11.3 Å². The highest BCUT2D eigenvalue weighted by atomic mass is 19.1. The summed E-state index contributed by atoms with van der Waals surface area (Å²) in [6.07, 6.45) is 0.761. The maximum atomic E-state index is 14.1. The molecule has 22 heteroatoms. The van der Waals surface area contributed by atoms with Gasteiger partial charge in [0, 0.05) is 33.4 Å². The lowest BCUT2D eigenvalue weighted by Crippen LogP contribution is -2.15. The number of carboxylic acid groups (broad SMARTS) is 2. The number of ether oxygens (including phenoxy) is 2. The summed E-state index contributed by atoms with van der Waals surface area (Å²) in [5, 5.41) is 33.2. The molecule has 20 nitrogen and oxygen atoms in total. The van der Waals surface area contributed by atoms with E-state index in [2.05, 4.69) is 30.4 Å². The van der Waals surface area contributed by atoms with Crippen LogP contribution < -0.4 is 22.9 Å². The molecule has 0 saturated heterocycles. The Kier molecular flexibility index (Phi) is 13.2. The van der Waals surface area contributed by atoms with Crippen LogP contribution in [0.1, 0.15) is 73.3 Å². The van der Waals surface area contributed by atoms with Crippen LogP contribution in [0.3, 0.4) is 0 Å². The number of aromatic carboxylic acids is 2. The molecule has 0 saturated carbocycles. The average Bonchev–Trinajstić information content (AvgIpc) is 3.96. The van der Waals surface area contributed by atoms with E-state index in [0.717, 1.165) is 24.3 Å². The highest BCUT2D eigenvalue weighted by Gasteiger charge is 2.25. The normalized spacial score (nSPS) is 11.3. The molecule has 0 fully saturated rings. The van der Waals surface area contributed by atoms with Crippen LogP contribution in [0, 0.1) is 11.6 Å². The van der Waals surface area contributed by atoms with Gasteiger partial charge in [-0.2, -0.15) is 10.2 Å². The second kappa shape index (κ2) is 19.5. The van der Waals surface area contributed by atoms with Crippen LogP contribution in [0.4, 0.5) is 8.78 Å². The molecule has 0 aliphatic heterocycles. The van der Waals surface area contributed by atoms with Gasteiger partial charge in [-0.05, 0) is 84.6 Å². The standard InChI is InChI=1S/C48H38F2N10O10/c49-33-7-3-23(17-29(33)47(65)66)35-19-31(43(53)63)37-39(57-59-45(37)55-35)25-5-1-21(15-27(25)41(51)61)9-11-69-13-14-70-12-10-22-2-6-26(28(16-22)42(52)62)40-38-32(44(54)64)20-36(56-46(38)60-58-40)24-4-8-34(50)30(18-24)48(67)68/h1-8,15-20H,9-14H2,(H2,51,61)(H2,52,62)(H2,53,63)(H2,54,64)(H,65,66)(H,67,68)(H,55,57,59)(H,56,58,60). The first-order valence-corrected chi connectivity index (χ1v) is 21.0. The topological polar surface area (TPSA) is 349 Å². The molecule has 4 aromatic heterocycles. The van der Waals surface area contributed by atoms with Crippen LogP contribution in [0.5, 0.6) is 0 Å². The number of halogens is 2. The number of pyridine rings is 2. The lowest BCUT2D eigenvalue weighted by Gasteiger charge is -2.12. The molecule has 4 heterocycles. The van der Waals surface area contributed by atoms with Crippen molar-refractivity contribution >= 4 is 57.6 Å². The summed E-state index contributed by atoms with van der Waals surface area (Å²) < 4.78 is 39.7. The summed E-state index contributed by atoms with van der Waals surface area (Å²) in [4.78, 5) is 82.8. The molecule has 12 N–H and O–H groups in total. The fourth-order valence-electron chi connectivity index (χ4n) is 7.86. The molecule has 0 aliphatic carbocycles. The number of nitrogens with one attached hydrogen (secondary N) is 2. The Bertz CT molecular complexity index is 3250. The van der Waals surface area contributed by atoms with Gasteiger partial charge in [-0.15, -0.1) is 0 Å². The molecule has 0 spiro atoms. The number of nitrogens with zero attached hydrogens (tertiary/aromatic N) is 4. The maximum absolute atomic E-state index is 14.1. The van der Waals surface area contributed by atoms with Gasteiger partial charge in [-0.1, -0.05) is 24.3 Å². The van der Waals surface area contributed by atoms with Gasteiger partial charge in [-0.25, -0.2) is 28.3 Å². The number of aromatic amines is 2. The van der Waals surface area contributed by atoms with Crippen molar-refractivity contribution < 1.29 is 57.2 Å². The van der Waals surface area contributed by atoms with Crippen molar-refractivity contribution in [3.8, 4) is 45.0 Å². The summed E-state index contributed by atoms with van der Waals surface area (Å²) in [6, 6.07) is 19.2. The Labute approximate surface area is 392 Å². The van der Waals surface area contributed by atoms with Crippen LogP contribution in [-0.2, 0) is 22.3 Å². The quantitative estimate of drug-likeness (QED) is 0.0506. The second-order valence-electron chi connectivity index (χ2n) is 15.6. The monoisotopic (exact) mass is 952 g/mol. The molecule has 8 aromatic rings. The third kappa shape index (κ3) is 9.47. The molecule has 0 radical (unpaired) electrons. The lowest BCUT2D eigenvalue weighted by atomic mass is 9.96. The van der Waals surface area contributed by atoms with Crippen molar-refractivity contribution in [2.24, 2.45) is 22.9 Å². The highest BCUT2D eigenvalue weighted by molar-refractivity contribution is 6.14. The fraction of sp³-hybridized carbons (Fsp3) is 0.125. The molecule has 70 heavy (non-hydrogen) atoms. The largest absolute Gasteiger partial charge is 0.478 e. The molecule has 354 valence electrons. The zero-order chi connectivity index (χ0) is 50.0. The number of hydrogen-bond acceptors (Lipinski definition) is 12. The van der Waals surface area contributed by atoms with E-state index in [-0.39, 0.29) is 105 Å². The van der Waals surface area contributed by atoms with Gasteiger partial charge in [-0.3, -0.25) is 29.4 Å². The number of carboxylic acids is 2. The Balaban J connectivity index is 0.887. The number of primary amides is 4. The first kappa shape index (κ1) is 47.2. The minimum absolute atomic E-state index is 0.0212. The van der Waals surface area contributed by atoms with E-state index in [0.29, 0.717) is 35.1 Å². The number of rotatable bonds is 19. The predicted molar refractivity (Wildman–Crippen MR) is 246 cm³/mol. The minimum Gasteiger partial charge on any atom is -0.478 e. The number of nitrogens with two attached hydrogens (primary N) is 4. The number of benzene rings is 4. The summed E-state index contributed by atoms with van der Waals surface area (Å²) >= 11 is 0. The van der Waals surface area contributed by atoms with Crippen molar-refractivity contribution in [1.29, 1.82) is 0 Å². The number of amides is 4. The highest BCUT2D eigenvalue weighted by Crippen LogP contribution is 2.36. The summed E-state index contributed by atoms with van der Waals surface area (Å²) in [5.41, 5.74) is 25.1. The Morgan fingerprint density at radius 3 is 1.23 bits per heavy atom. The number of aromatic nitrogens is 6. The third-order valence-corrected chi connectivity index (χ3v) is 11.2. The van der Waals surface area contributed by atoms with Crippen molar-refractivity contribution in [2.75, 3.05) is 26.4 Å². The van der Waals surface area contributed by atoms with E-state index in [1.54, 1.807) is 36.4 Å². The Hall–Kier alpha value is -9.28. The SMILES string of the molecule is NC(=O)c1cc(CCOCCOCCc2ccc(-c3[nH]nc4nc(-c5ccc(F)c(C(=O)O)c5)cc(C(N)=O)c34)c(C(N)=O)c2)ccc1-c1[nH]nc2nc(-c3ccc(F)c(C(=O)O)c3)cc(C(N)=O)c12. The van der Waals surface area contributed by atoms with E-state index < -0.39 is 58.3 Å². The second-order valence-corrected chi connectivity index (χ2v) is 15.6. The van der Waals surface area contributed by atoms with E-state index in [1.165, 1.54) is 24.3 Å². The summed E-state index contributed by atoms with van der Waals surface area (Å²) in [7, 11) is 0. The van der Waals surface area contributed by atoms with Crippen molar-refractivity contribution in [3.05, 3.63) is 141 Å². The average molecular weight is 953 g/mol. The number of carbonyl (C=O) groups excluding carboxylic acids is 4. The Morgan fingerprint density at radius 2 is 0.871 bits per heavy atom. The van der Waals surface area contributed by atoms with Gasteiger partial charge in [0.2, 0.25) is 23.6 Å². The van der Waals surface area contributed by atoms with E-state index in [9.17, 15) is 47.8 Å². The summed E-state index contributed by atoms with van der Waals surface area (Å²) in [5.74, 6) is -8.17. The van der Waals surface area contributed by atoms with Gasteiger partial charge >= 0.3 is 11.9 Å². The lowest BCUT2D eigenvalue weighted by molar-refractivity contribution is 0.0501. The van der Waals surface area contributed by atoms with Crippen LogP contribution >= 0.6 is 0 Å². The van der Waals surface area contributed by atoms with Crippen LogP contribution in [0.15, 0.2) is 84.9 Å². The zero-order valence-electron chi connectivity index (χ0n) is 36.3. The molecule has 0 aliphatic rings. The van der Waals surface area contributed by atoms with Gasteiger partial charge in [0.25, 0.3) is 0 Å². The van der Waals surface area contributed by atoms with Crippen LogP contribution in [0.2, 0.25) is 0 Å². The van der Waals surface area contributed by atoms with E-state index in [4.69, 9.17) is 32.4 Å². The fourth-order valence-corrected chi connectivity index (χ4v) is 7.86. The minimum atomic E-state index is -1.49. The maximum Gasteiger partial charge on any atom is 0.338 e. The number of carbonyl (C=O) groups is 6. The van der Waals surface area contributed by atoms with Crippen molar-refractivity contribution in [3.63, 3.8) is 0 Å².